The average Bonchev–Trinajstić information content (AvgIpc) is 2.85. The fraction of sp³-hybridized carbons (Fsp3) is 0.167. The zero-order valence-corrected chi connectivity index (χ0v) is 21.9. The van der Waals surface area contributed by atoms with Crippen LogP contribution in [0.25, 0.3) is 22.2 Å². The Morgan fingerprint density at radius 2 is 1.83 bits per heavy atom. The molecule has 4 aromatic rings. The Hall–Kier alpha value is -3.61. The number of carbonyl (C=O) groups excluding carboxylic acids is 1. The second kappa shape index (κ2) is 11.0. The molecule has 1 amide bonds. The van der Waals surface area contributed by atoms with Crippen LogP contribution < -0.4 is 20.1 Å². The maximum atomic E-state index is 13.1. The number of aromatic nitrogens is 3. The summed E-state index contributed by atoms with van der Waals surface area (Å²) in [5, 5.41) is 6.48. The zero-order chi connectivity index (χ0) is 25.7. The number of hydrogen-bond donors (Lipinski definition) is 3. The normalized spacial score (nSPS) is 11.3. The lowest BCUT2D eigenvalue weighted by Crippen LogP contribution is -2.34. The van der Waals surface area contributed by atoms with Crippen molar-refractivity contribution < 1.29 is 17.9 Å². The van der Waals surface area contributed by atoms with Crippen molar-refractivity contribution in [3.63, 3.8) is 0 Å². The Bertz CT molecular complexity index is 1530. The smallest absolute Gasteiger partial charge is 0.270 e. The number of hydrogen-bond acceptors (Lipinski definition) is 8. The largest absolute Gasteiger partial charge is 0.497 e. The van der Waals surface area contributed by atoms with Crippen LogP contribution in [0, 0.1) is 0 Å². The molecule has 2 aromatic heterocycles. The quantitative estimate of drug-likeness (QED) is 0.260. The maximum absolute atomic E-state index is 13.1. The number of anilines is 2. The molecule has 0 fully saturated rings. The second-order valence-corrected chi connectivity index (χ2v) is 10.4. The minimum atomic E-state index is -3.36. The van der Waals surface area contributed by atoms with E-state index in [4.69, 9.17) is 4.74 Å². The molecular weight excluding hydrogens is 548 g/mol. The van der Waals surface area contributed by atoms with Crippen molar-refractivity contribution in [3.05, 3.63) is 71.0 Å². The van der Waals surface area contributed by atoms with Gasteiger partial charge in [0.1, 0.15) is 11.4 Å². The molecule has 0 spiro atoms. The van der Waals surface area contributed by atoms with Gasteiger partial charge in [0.2, 0.25) is 16.0 Å². The predicted molar refractivity (Wildman–Crippen MR) is 142 cm³/mol. The van der Waals surface area contributed by atoms with E-state index in [0.717, 1.165) is 22.0 Å². The van der Waals surface area contributed by atoms with Gasteiger partial charge in [-0.3, -0.25) is 4.79 Å². The van der Waals surface area contributed by atoms with Crippen LogP contribution in [0.5, 0.6) is 5.75 Å². The molecule has 0 atom stereocenters. The summed E-state index contributed by atoms with van der Waals surface area (Å²) < 4.78 is 31.0. The fourth-order valence-corrected chi connectivity index (χ4v) is 4.38. The highest BCUT2D eigenvalue weighted by molar-refractivity contribution is 9.10. The molecule has 0 saturated heterocycles. The lowest BCUT2D eigenvalue weighted by Gasteiger charge is -2.13. The summed E-state index contributed by atoms with van der Waals surface area (Å²) in [4.78, 5) is 26.6. The van der Waals surface area contributed by atoms with Crippen molar-refractivity contribution in [3.8, 4) is 16.9 Å². The van der Waals surface area contributed by atoms with Crippen molar-refractivity contribution in [2.75, 3.05) is 31.8 Å². The van der Waals surface area contributed by atoms with E-state index in [1.165, 1.54) is 0 Å². The van der Waals surface area contributed by atoms with Gasteiger partial charge in [-0.25, -0.2) is 23.1 Å². The first kappa shape index (κ1) is 25.5. The van der Waals surface area contributed by atoms with E-state index in [9.17, 15) is 13.2 Å². The molecule has 10 nitrogen and oxygen atoms in total. The van der Waals surface area contributed by atoms with E-state index in [1.54, 1.807) is 25.4 Å². The zero-order valence-electron chi connectivity index (χ0n) is 19.4. The Morgan fingerprint density at radius 3 is 2.58 bits per heavy atom. The van der Waals surface area contributed by atoms with Gasteiger partial charge in [0.05, 0.1) is 13.4 Å². The minimum Gasteiger partial charge on any atom is -0.497 e. The number of benzene rings is 2. The van der Waals surface area contributed by atoms with Gasteiger partial charge in [0, 0.05) is 46.5 Å². The molecule has 186 valence electrons. The number of ether oxygens (including phenoxy) is 1. The molecule has 0 unspecified atom stereocenters. The summed E-state index contributed by atoms with van der Waals surface area (Å²) in [6.45, 7) is 0.146. The van der Waals surface area contributed by atoms with Crippen LogP contribution in [-0.4, -0.2) is 55.7 Å². The number of fused-ring (bicyclic) bond motifs is 1. The van der Waals surface area contributed by atoms with E-state index in [1.807, 2.05) is 42.5 Å². The number of amides is 1. The average molecular weight is 571 g/mol. The van der Waals surface area contributed by atoms with Crippen LogP contribution in [-0.2, 0) is 10.0 Å². The summed E-state index contributed by atoms with van der Waals surface area (Å²) in [6.07, 6.45) is 2.69. The summed E-state index contributed by atoms with van der Waals surface area (Å²) in [5.41, 5.74) is 2.56. The van der Waals surface area contributed by atoms with E-state index in [2.05, 4.69) is 46.2 Å². The molecule has 0 aliphatic heterocycles. The Kier molecular flexibility index (Phi) is 7.77. The SMILES string of the molecule is COc1cccc(Nc2ncc3cc(-c4ccccc4Br)c(C(=O)NCCNS(C)(=O)=O)nc3n2)c1. The fourth-order valence-electron chi connectivity index (χ4n) is 3.41. The van der Waals surface area contributed by atoms with Crippen LogP contribution in [0.1, 0.15) is 10.5 Å². The molecule has 0 aliphatic rings. The molecule has 0 bridgehead atoms. The van der Waals surface area contributed by atoms with Crippen LogP contribution >= 0.6 is 15.9 Å². The van der Waals surface area contributed by atoms with Crippen molar-refractivity contribution in [2.24, 2.45) is 0 Å². The summed E-state index contributed by atoms with van der Waals surface area (Å²) in [7, 11) is -1.78. The third kappa shape index (κ3) is 6.33. The van der Waals surface area contributed by atoms with Crippen molar-refractivity contribution >= 4 is 54.5 Å². The highest BCUT2D eigenvalue weighted by Gasteiger charge is 2.19. The Morgan fingerprint density at radius 1 is 1.03 bits per heavy atom. The number of pyridine rings is 1. The van der Waals surface area contributed by atoms with Crippen LogP contribution in [0.3, 0.4) is 0 Å². The van der Waals surface area contributed by atoms with Crippen LogP contribution in [0.2, 0.25) is 0 Å². The number of rotatable bonds is 9. The number of halogens is 1. The predicted octanol–water partition coefficient (Wildman–Crippen LogP) is 3.49. The molecule has 12 heteroatoms. The molecule has 0 saturated carbocycles. The second-order valence-electron chi connectivity index (χ2n) is 7.75. The van der Waals surface area contributed by atoms with E-state index < -0.39 is 15.9 Å². The van der Waals surface area contributed by atoms with E-state index in [0.29, 0.717) is 28.3 Å². The first-order valence-electron chi connectivity index (χ1n) is 10.8. The number of nitrogens with zero attached hydrogens (tertiary/aromatic N) is 3. The van der Waals surface area contributed by atoms with Crippen molar-refractivity contribution in [1.29, 1.82) is 0 Å². The van der Waals surface area contributed by atoms with Gasteiger partial charge in [-0.1, -0.05) is 40.2 Å². The highest BCUT2D eigenvalue weighted by Crippen LogP contribution is 2.32. The highest BCUT2D eigenvalue weighted by atomic mass is 79.9. The third-order valence-corrected chi connectivity index (χ3v) is 6.47. The lowest BCUT2D eigenvalue weighted by molar-refractivity contribution is 0.0950. The first-order valence-corrected chi connectivity index (χ1v) is 13.5. The van der Waals surface area contributed by atoms with Crippen LogP contribution in [0.4, 0.5) is 11.6 Å². The van der Waals surface area contributed by atoms with E-state index in [-0.39, 0.29) is 18.8 Å². The third-order valence-electron chi connectivity index (χ3n) is 5.05. The molecular formula is C24H23BrN6O4S. The molecule has 36 heavy (non-hydrogen) atoms. The van der Waals surface area contributed by atoms with Gasteiger partial charge in [-0.05, 0) is 29.8 Å². The summed E-state index contributed by atoms with van der Waals surface area (Å²) in [5.74, 6) is 0.529. The molecule has 0 aliphatic carbocycles. The van der Waals surface area contributed by atoms with Gasteiger partial charge in [0.25, 0.3) is 5.91 Å². The van der Waals surface area contributed by atoms with Gasteiger partial charge in [-0.15, -0.1) is 0 Å². The molecule has 0 radical (unpaired) electrons. The number of nitrogens with one attached hydrogen (secondary N) is 3. The molecule has 2 aromatic carbocycles. The number of methoxy groups -OCH3 is 1. The van der Waals surface area contributed by atoms with E-state index >= 15 is 0 Å². The lowest BCUT2D eigenvalue weighted by atomic mass is 10.0. The van der Waals surface area contributed by atoms with Gasteiger partial charge in [0.15, 0.2) is 5.65 Å². The number of carbonyl (C=O) groups is 1. The Balaban J connectivity index is 1.70. The molecule has 3 N–H and O–H groups in total. The summed E-state index contributed by atoms with van der Waals surface area (Å²) >= 11 is 3.54. The molecule has 4 rings (SSSR count). The summed E-state index contributed by atoms with van der Waals surface area (Å²) in [6, 6.07) is 16.6. The van der Waals surface area contributed by atoms with Gasteiger partial charge >= 0.3 is 0 Å². The van der Waals surface area contributed by atoms with Crippen molar-refractivity contribution in [2.45, 2.75) is 0 Å². The van der Waals surface area contributed by atoms with Gasteiger partial charge < -0.3 is 15.4 Å². The minimum absolute atomic E-state index is 0.0549. The Labute approximate surface area is 216 Å². The van der Waals surface area contributed by atoms with Crippen molar-refractivity contribution in [1.82, 2.24) is 25.0 Å². The standard InChI is InChI=1S/C24H23BrN6O4S/c1-35-17-7-5-6-16(13-17)29-24-27-14-15-12-19(18-8-3-4-9-20(18)25)21(30-22(15)31-24)23(32)26-10-11-28-36(2,33)34/h3-9,12-14,28H,10-11H2,1-2H3,(H,26,32)(H,27,29,30,31). The topological polar surface area (TPSA) is 135 Å². The first-order chi connectivity index (χ1) is 17.2. The maximum Gasteiger partial charge on any atom is 0.270 e. The number of sulfonamides is 1. The van der Waals surface area contributed by atoms with Gasteiger partial charge in [-0.2, -0.15) is 4.98 Å². The van der Waals surface area contributed by atoms with Crippen LogP contribution in [0.15, 0.2) is 65.3 Å². The molecule has 2 heterocycles. The monoisotopic (exact) mass is 570 g/mol.